The first-order valence-electron chi connectivity index (χ1n) is 14.5. The average Bonchev–Trinajstić information content (AvgIpc) is 3.02. The van der Waals surface area contributed by atoms with E-state index in [1.165, 1.54) is 9.80 Å². The van der Waals surface area contributed by atoms with E-state index >= 15 is 0 Å². The molecule has 234 valence electrons. The second-order valence-corrected chi connectivity index (χ2v) is 10.9. The van der Waals surface area contributed by atoms with Gasteiger partial charge in [0, 0.05) is 11.4 Å². The summed E-state index contributed by atoms with van der Waals surface area (Å²) in [6, 6.07) is 30.3. The van der Waals surface area contributed by atoms with Crippen molar-refractivity contribution in [2.75, 3.05) is 36.0 Å². The Morgan fingerprint density at radius 3 is 0.860 bits per heavy atom. The third-order valence-corrected chi connectivity index (χ3v) is 7.80. The number of anilines is 2. The first-order valence-corrected chi connectivity index (χ1v) is 14.5. The maximum Gasteiger partial charge on any atom is 1.00 e. The molecule has 0 saturated heterocycles. The topological polar surface area (TPSA) is 167 Å². The zero-order valence-corrected chi connectivity index (χ0v) is 41.1. The molecular formula is C36H28K4N2O8. The van der Waals surface area contributed by atoms with Crippen LogP contribution in [-0.2, 0) is 32.0 Å². The molecule has 5 aromatic rings. The number of carbonyl (C=O) groups is 4. The summed E-state index contributed by atoms with van der Waals surface area (Å²) in [6.45, 7) is -2.31. The van der Waals surface area contributed by atoms with E-state index in [0.29, 0.717) is 24.2 Å². The molecule has 0 unspecified atom stereocenters. The van der Waals surface area contributed by atoms with E-state index in [9.17, 15) is 39.6 Å². The summed E-state index contributed by atoms with van der Waals surface area (Å²) < 4.78 is 0. The molecule has 0 aliphatic carbocycles. The summed E-state index contributed by atoms with van der Waals surface area (Å²) in [6.07, 6.45) is 1.12. The SMILES string of the molecule is O=C([O-])CN(CC(=O)[O-])c1ccc(Cc2c3ccccc3c(Cc3ccc(N(CC(=O)[O-])CC(=O)[O-])cc3)c3ccccc23)cc1.[K+].[K+].[K+].[K+]. The second kappa shape index (κ2) is 23.5. The largest absolute Gasteiger partial charge is 1.00 e. The van der Waals surface area contributed by atoms with E-state index in [4.69, 9.17) is 0 Å². The van der Waals surface area contributed by atoms with Gasteiger partial charge in [-0.1, -0.05) is 72.8 Å². The second-order valence-electron chi connectivity index (χ2n) is 10.9. The summed E-state index contributed by atoms with van der Waals surface area (Å²) in [5.41, 5.74) is 4.94. The van der Waals surface area contributed by atoms with Gasteiger partial charge in [-0.3, -0.25) is 0 Å². The van der Waals surface area contributed by atoms with Gasteiger partial charge in [0.05, 0.1) is 50.1 Å². The van der Waals surface area contributed by atoms with Crippen molar-refractivity contribution in [3.8, 4) is 0 Å². The molecule has 0 heterocycles. The minimum absolute atomic E-state index is 0. The Labute approximate surface area is 460 Å². The Bertz CT molecular complexity index is 1710. The normalized spacial score (nSPS) is 10.1. The third kappa shape index (κ3) is 13.4. The van der Waals surface area contributed by atoms with Crippen molar-refractivity contribution < 1.29 is 245 Å². The van der Waals surface area contributed by atoms with Crippen LogP contribution in [0.25, 0.3) is 21.5 Å². The van der Waals surface area contributed by atoms with Gasteiger partial charge in [0.25, 0.3) is 0 Å². The Morgan fingerprint density at radius 2 is 0.640 bits per heavy atom. The van der Waals surface area contributed by atoms with E-state index in [1.807, 2.05) is 48.5 Å². The molecular weight excluding hydrogens is 745 g/mol. The van der Waals surface area contributed by atoms with Crippen molar-refractivity contribution in [3.05, 3.63) is 119 Å². The molecule has 0 bridgehead atoms. The first kappa shape index (κ1) is 48.7. The van der Waals surface area contributed by atoms with Crippen LogP contribution in [0, 0.1) is 0 Å². The number of nitrogens with zero attached hydrogens (tertiary/aromatic N) is 2. The molecule has 0 atom stereocenters. The van der Waals surface area contributed by atoms with Crippen molar-refractivity contribution in [3.63, 3.8) is 0 Å². The third-order valence-electron chi connectivity index (χ3n) is 7.80. The van der Waals surface area contributed by atoms with Gasteiger partial charge in [0.1, 0.15) is 0 Å². The van der Waals surface area contributed by atoms with Crippen molar-refractivity contribution in [1.29, 1.82) is 0 Å². The molecule has 50 heavy (non-hydrogen) atoms. The fraction of sp³-hybridized carbons (Fsp3) is 0.167. The van der Waals surface area contributed by atoms with Crippen molar-refractivity contribution in [2.24, 2.45) is 0 Å². The number of benzene rings is 5. The van der Waals surface area contributed by atoms with Crippen LogP contribution in [-0.4, -0.2) is 50.1 Å². The van der Waals surface area contributed by atoms with Crippen LogP contribution in [0.2, 0.25) is 0 Å². The van der Waals surface area contributed by atoms with Crippen LogP contribution in [0.15, 0.2) is 97.1 Å². The van der Waals surface area contributed by atoms with Crippen LogP contribution in [0.5, 0.6) is 0 Å². The van der Waals surface area contributed by atoms with Gasteiger partial charge in [-0.25, -0.2) is 0 Å². The summed E-state index contributed by atoms with van der Waals surface area (Å²) in [5.74, 6) is -5.58. The van der Waals surface area contributed by atoms with Crippen LogP contribution >= 0.6 is 0 Å². The van der Waals surface area contributed by atoms with Gasteiger partial charge < -0.3 is 49.4 Å². The van der Waals surface area contributed by atoms with Gasteiger partial charge in [0.15, 0.2) is 0 Å². The van der Waals surface area contributed by atoms with E-state index in [0.717, 1.165) is 43.8 Å². The molecule has 0 aliphatic rings. The number of carboxylic acids is 4. The molecule has 5 aromatic carbocycles. The number of carbonyl (C=O) groups excluding carboxylic acids is 4. The van der Waals surface area contributed by atoms with Crippen molar-refractivity contribution in [1.82, 2.24) is 0 Å². The van der Waals surface area contributed by atoms with Crippen LogP contribution in [0.1, 0.15) is 22.3 Å². The Morgan fingerprint density at radius 1 is 0.400 bits per heavy atom. The zero-order chi connectivity index (χ0) is 32.8. The molecule has 5 rings (SSSR count). The Hall–Kier alpha value is 0.645. The predicted molar refractivity (Wildman–Crippen MR) is 164 cm³/mol. The van der Waals surface area contributed by atoms with Gasteiger partial charge >= 0.3 is 206 Å². The molecule has 0 fully saturated rings. The number of aliphatic carboxylic acids is 4. The molecule has 0 spiro atoms. The number of hydrogen-bond donors (Lipinski definition) is 0. The van der Waals surface area contributed by atoms with Gasteiger partial charge in [-0.15, -0.1) is 0 Å². The van der Waals surface area contributed by atoms with Crippen molar-refractivity contribution in [2.45, 2.75) is 12.8 Å². The predicted octanol–water partition coefficient (Wildman–Crippen LogP) is -12.2. The molecule has 0 aromatic heterocycles. The summed E-state index contributed by atoms with van der Waals surface area (Å²) in [5, 5.41) is 48.9. The molecule has 0 radical (unpaired) electrons. The van der Waals surface area contributed by atoms with E-state index in [2.05, 4.69) is 24.3 Å². The van der Waals surface area contributed by atoms with E-state index in [1.54, 1.807) is 24.3 Å². The number of hydrogen-bond acceptors (Lipinski definition) is 10. The van der Waals surface area contributed by atoms with Crippen LogP contribution in [0.3, 0.4) is 0 Å². The van der Waals surface area contributed by atoms with Crippen LogP contribution < -0.4 is 236 Å². The van der Waals surface area contributed by atoms with Crippen molar-refractivity contribution >= 4 is 56.8 Å². The van der Waals surface area contributed by atoms with Gasteiger partial charge in [-0.05, 0) is 80.9 Å². The molecule has 0 N–H and O–H groups in total. The molecule has 0 saturated carbocycles. The minimum Gasteiger partial charge on any atom is -0.548 e. The number of rotatable bonds is 14. The molecule has 14 heteroatoms. The fourth-order valence-corrected chi connectivity index (χ4v) is 5.85. The van der Waals surface area contributed by atoms with E-state index in [-0.39, 0.29) is 206 Å². The minimum atomic E-state index is -1.40. The summed E-state index contributed by atoms with van der Waals surface area (Å²) in [7, 11) is 0. The summed E-state index contributed by atoms with van der Waals surface area (Å²) in [4.78, 5) is 47.0. The first-order chi connectivity index (χ1) is 22.1. The summed E-state index contributed by atoms with van der Waals surface area (Å²) >= 11 is 0. The maximum absolute atomic E-state index is 11.2. The average molecular weight is 773 g/mol. The van der Waals surface area contributed by atoms with Gasteiger partial charge in [0.2, 0.25) is 0 Å². The maximum atomic E-state index is 11.2. The quantitative estimate of drug-likeness (QED) is 0.0782. The fourth-order valence-electron chi connectivity index (χ4n) is 5.85. The van der Waals surface area contributed by atoms with Crippen LogP contribution in [0.4, 0.5) is 11.4 Å². The zero-order valence-electron chi connectivity index (χ0n) is 28.6. The van der Waals surface area contributed by atoms with Gasteiger partial charge in [-0.2, -0.15) is 0 Å². The monoisotopic (exact) mass is 772 g/mol. The smallest absolute Gasteiger partial charge is 0.548 e. The Balaban J connectivity index is 0.00000312. The number of fused-ring (bicyclic) bond motifs is 2. The van der Waals surface area contributed by atoms with E-state index < -0.39 is 50.1 Å². The number of carboxylic acid groups (broad SMARTS) is 4. The molecule has 0 aliphatic heterocycles. The molecule has 10 nitrogen and oxygen atoms in total. The standard InChI is InChI=1S/C36H32N2O8.4K/c39-33(40)19-37(20-34(41)42)25-13-9-23(10-14-25)17-31-27-5-1-2-6-28(27)32(30-8-4-3-7-29(30)31)18-24-11-15-26(16-12-24)38(21-35(43)44)22-36(45)46;;;;/h1-16H,17-22H2,(H,39,40)(H,41,42)(H,43,44)(H,45,46);;;;/q;4*+1/p-4. The Kier molecular flexibility index (Phi) is 22.9. The molecule has 0 amide bonds.